The van der Waals surface area contributed by atoms with Crippen molar-refractivity contribution in [2.75, 3.05) is 0 Å². The molecule has 0 saturated heterocycles. The summed E-state index contributed by atoms with van der Waals surface area (Å²) >= 11 is 0. The number of unbranched alkanes of at least 4 members (excludes halogenated alkanes) is 6. The number of nitrogens with zero attached hydrogens (tertiary/aromatic N) is 1. The Morgan fingerprint density at radius 3 is 2.03 bits per heavy atom. The van der Waals surface area contributed by atoms with Gasteiger partial charge < -0.3 is 0 Å². The molecule has 1 heteroatoms. The van der Waals surface area contributed by atoms with Crippen molar-refractivity contribution in [3.63, 3.8) is 0 Å². The molecule has 1 nitrogen and oxygen atoms in total. The van der Waals surface area contributed by atoms with E-state index in [2.05, 4.69) is 56.4 Å². The van der Waals surface area contributed by atoms with Crippen LogP contribution in [0.1, 0.15) is 114 Å². The van der Waals surface area contributed by atoms with Gasteiger partial charge in [0, 0.05) is 23.4 Å². The lowest BCUT2D eigenvalue weighted by atomic mass is 9.78. The van der Waals surface area contributed by atoms with E-state index >= 15 is 0 Å². The number of aromatic nitrogens is 1. The molecular weight excluding hydrogens is 362 g/mol. The van der Waals surface area contributed by atoms with Crippen LogP contribution < -0.4 is 0 Å². The maximum atomic E-state index is 4.88. The molecule has 1 aliphatic carbocycles. The Morgan fingerprint density at radius 1 is 0.700 bits per heavy atom. The van der Waals surface area contributed by atoms with E-state index in [4.69, 9.17) is 4.98 Å². The standard InChI is InChI=1S/C29H43N/c1-3-5-7-8-10-12-25-13-17-26(18-14-25)28-21-22-29(30-23-28)27-19-15-24(16-20-27)11-9-6-4-2/h13-14,17-18,21-24,27H,3-12,15-16,19-20H2,1-2H3. The van der Waals surface area contributed by atoms with Crippen LogP contribution in [0.4, 0.5) is 0 Å². The largest absolute Gasteiger partial charge is 0.260 e. The molecular formula is C29H43N. The van der Waals surface area contributed by atoms with Crippen molar-refractivity contribution >= 4 is 0 Å². The van der Waals surface area contributed by atoms with Gasteiger partial charge in [0.15, 0.2) is 0 Å². The first-order valence-corrected chi connectivity index (χ1v) is 12.9. The SMILES string of the molecule is CCCCCCCc1ccc(-c2ccc(C3CCC(CCCCC)CC3)nc2)cc1. The lowest BCUT2D eigenvalue weighted by molar-refractivity contribution is 0.300. The van der Waals surface area contributed by atoms with Crippen LogP contribution in [0.25, 0.3) is 11.1 Å². The summed E-state index contributed by atoms with van der Waals surface area (Å²) in [6.07, 6.45) is 21.1. The molecule has 0 amide bonds. The fraction of sp³-hybridized carbons (Fsp3) is 0.621. The van der Waals surface area contributed by atoms with Gasteiger partial charge in [0.1, 0.15) is 0 Å². The van der Waals surface area contributed by atoms with Gasteiger partial charge in [-0.15, -0.1) is 0 Å². The predicted molar refractivity (Wildman–Crippen MR) is 131 cm³/mol. The first-order chi connectivity index (χ1) is 14.8. The first-order valence-electron chi connectivity index (χ1n) is 12.9. The van der Waals surface area contributed by atoms with E-state index in [-0.39, 0.29) is 0 Å². The molecule has 3 rings (SSSR count). The van der Waals surface area contributed by atoms with Crippen molar-refractivity contribution in [1.82, 2.24) is 4.98 Å². The molecule has 0 radical (unpaired) electrons. The van der Waals surface area contributed by atoms with Crippen molar-refractivity contribution in [1.29, 1.82) is 0 Å². The van der Waals surface area contributed by atoms with E-state index in [0.717, 1.165) is 5.92 Å². The van der Waals surface area contributed by atoms with Gasteiger partial charge in [-0.2, -0.15) is 0 Å². The Bertz CT molecular complexity index is 692. The summed E-state index contributed by atoms with van der Waals surface area (Å²) in [6, 6.07) is 13.7. The highest BCUT2D eigenvalue weighted by molar-refractivity contribution is 5.62. The van der Waals surface area contributed by atoms with Crippen LogP contribution in [0, 0.1) is 5.92 Å². The number of hydrogen-bond acceptors (Lipinski definition) is 1. The van der Waals surface area contributed by atoms with Crippen LogP contribution >= 0.6 is 0 Å². The normalized spacial score (nSPS) is 19.1. The van der Waals surface area contributed by atoms with Crippen LogP contribution in [0.15, 0.2) is 42.6 Å². The molecule has 30 heavy (non-hydrogen) atoms. The van der Waals surface area contributed by atoms with Gasteiger partial charge in [0.2, 0.25) is 0 Å². The number of rotatable bonds is 12. The lowest BCUT2D eigenvalue weighted by Crippen LogP contribution is -2.14. The van der Waals surface area contributed by atoms with Crippen molar-refractivity contribution in [2.45, 2.75) is 110 Å². The Kier molecular flexibility index (Phi) is 9.93. The third kappa shape index (κ3) is 7.25. The molecule has 0 atom stereocenters. The Hall–Kier alpha value is -1.63. The molecule has 0 spiro atoms. The molecule has 0 unspecified atom stereocenters. The minimum absolute atomic E-state index is 0.677. The van der Waals surface area contributed by atoms with E-state index < -0.39 is 0 Å². The minimum Gasteiger partial charge on any atom is -0.260 e. The molecule has 1 aliphatic rings. The van der Waals surface area contributed by atoms with Gasteiger partial charge in [0.05, 0.1) is 0 Å². The van der Waals surface area contributed by atoms with Crippen LogP contribution in [-0.2, 0) is 6.42 Å². The van der Waals surface area contributed by atoms with Gasteiger partial charge in [-0.3, -0.25) is 4.98 Å². The molecule has 1 aromatic heterocycles. The highest BCUT2D eigenvalue weighted by atomic mass is 14.7. The number of hydrogen-bond donors (Lipinski definition) is 0. The van der Waals surface area contributed by atoms with Crippen LogP contribution in [0.3, 0.4) is 0 Å². The summed E-state index contributed by atoms with van der Waals surface area (Å²) < 4.78 is 0. The average molecular weight is 406 g/mol. The maximum absolute atomic E-state index is 4.88. The smallest absolute Gasteiger partial charge is 0.0434 e. The quantitative estimate of drug-likeness (QED) is 0.321. The summed E-state index contributed by atoms with van der Waals surface area (Å²) in [6.45, 7) is 4.58. The zero-order valence-electron chi connectivity index (χ0n) is 19.5. The van der Waals surface area contributed by atoms with Gasteiger partial charge in [-0.25, -0.2) is 0 Å². The molecule has 1 aromatic carbocycles. The first kappa shape index (κ1) is 23.0. The average Bonchev–Trinajstić information content (AvgIpc) is 2.80. The van der Waals surface area contributed by atoms with Crippen molar-refractivity contribution in [3.8, 4) is 11.1 Å². The molecule has 2 aromatic rings. The van der Waals surface area contributed by atoms with E-state index in [1.807, 2.05) is 0 Å². The molecule has 0 aliphatic heterocycles. The van der Waals surface area contributed by atoms with Gasteiger partial charge in [-0.05, 0) is 61.6 Å². The van der Waals surface area contributed by atoms with Crippen molar-refractivity contribution in [2.24, 2.45) is 5.92 Å². The van der Waals surface area contributed by atoms with E-state index in [1.54, 1.807) is 0 Å². The van der Waals surface area contributed by atoms with E-state index in [9.17, 15) is 0 Å². The Balaban J connectivity index is 1.46. The highest BCUT2D eigenvalue weighted by Crippen LogP contribution is 2.37. The summed E-state index contributed by atoms with van der Waals surface area (Å²) in [5, 5.41) is 0. The zero-order chi connectivity index (χ0) is 21.0. The monoisotopic (exact) mass is 405 g/mol. The second-order valence-electron chi connectivity index (χ2n) is 9.55. The second kappa shape index (κ2) is 12.9. The Morgan fingerprint density at radius 2 is 1.37 bits per heavy atom. The third-order valence-electron chi connectivity index (χ3n) is 7.12. The Labute approximate surface area is 185 Å². The van der Waals surface area contributed by atoms with Gasteiger partial charge in [-0.1, -0.05) is 95.5 Å². The summed E-state index contributed by atoms with van der Waals surface area (Å²) in [4.78, 5) is 4.88. The summed E-state index contributed by atoms with van der Waals surface area (Å²) in [5.41, 5.74) is 5.33. The summed E-state index contributed by atoms with van der Waals surface area (Å²) in [7, 11) is 0. The van der Waals surface area contributed by atoms with Crippen molar-refractivity contribution in [3.05, 3.63) is 53.9 Å². The van der Waals surface area contributed by atoms with Gasteiger partial charge in [0.25, 0.3) is 0 Å². The lowest BCUT2D eigenvalue weighted by Gasteiger charge is -2.28. The molecule has 164 valence electrons. The molecule has 1 fully saturated rings. The number of benzene rings is 1. The fourth-order valence-electron chi connectivity index (χ4n) is 5.04. The molecule has 1 heterocycles. The number of aryl methyl sites for hydroxylation is 1. The zero-order valence-corrected chi connectivity index (χ0v) is 19.5. The van der Waals surface area contributed by atoms with Crippen molar-refractivity contribution < 1.29 is 0 Å². The van der Waals surface area contributed by atoms with Crippen LogP contribution in [0.2, 0.25) is 0 Å². The maximum Gasteiger partial charge on any atom is 0.0434 e. The van der Waals surface area contributed by atoms with Crippen LogP contribution in [0.5, 0.6) is 0 Å². The van der Waals surface area contributed by atoms with E-state index in [1.165, 1.54) is 112 Å². The van der Waals surface area contributed by atoms with E-state index in [0.29, 0.717) is 5.92 Å². The molecule has 0 bridgehead atoms. The van der Waals surface area contributed by atoms with Crippen LogP contribution in [-0.4, -0.2) is 4.98 Å². The number of pyridine rings is 1. The highest BCUT2D eigenvalue weighted by Gasteiger charge is 2.22. The second-order valence-corrected chi connectivity index (χ2v) is 9.55. The predicted octanol–water partition coefficient (Wildman–Crippen LogP) is 9.12. The molecule has 0 N–H and O–H groups in total. The summed E-state index contributed by atoms with van der Waals surface area (Å²) in [5.74, 6) is 1.65. The third-order valence-corrected chi connectivity index (χ3v) is 7.12. The molecule has 1 saturated carbocycles. The minimum atomic E-state index is 0.677. The van der Waals surface area contributed by atoms with Gasteiger partial charge >= 0.3 is 0 Å². The topological polar surface area (TPSA) is 12.9 Å². The fourth-order valence-corrected chi connectivity index (χ4v) is 5.04.